The lowest BCUT2D eigenvalue weighted by Crippen LogP contribution is -1.91. The maximum absolute atomic E-state index is 11.0. The van der Waals surface area contributed by atoms with Gasteiger partial charge in [0.2, 0.25) is 0 Å². The first kappa shape index (κ1) is 13.4. The second kappa shape index (κ2) is 5.73. The van der Waals surface area contributed by atoms with Crippen molar-refractivity contribution in [2.75, 3.05) is 0 Å². The molecule has 18 heavy (non-hydrogen) atoms. The SMILES string of the molecule is O=[N+]([O-])c1c(Br)cccc1Sc1ccc(Cl)cc1. The van der Waals surface area contributed by atoms with Gasteiger partial charge in [0.05, 0.1) is 14.3 Å². The molecule has 0 heterocycles. The largest absolute Gasteiger partial charge is 0.297 e. The van der Waals surface area contributed by atoms with Crippen LogP contribution in [0.2, 0.25) is 5.02 Å². The smallest absolute Gasteiger partial charge is 0.258 e. The molecule has 2 aromatic carbocycles. The van der Waals surface area contributed by atoms with Gasteiger partial charge >= 0.3 is 0 Å². The highest BCUT2D eigenvalue weighted by atomic mass is 79.9. The van der Waals surface area contributed by atoms with Crippen LogP contribution < -0.4 is 0 Å². The molecule has 2 rings (SSSR count). The topological polar surface area (TPSA) is 43.1 Å². The van der Waals surface area contributed by atoms with Crippen LogP contribution in [0.25, 0.3) is 0 Å². The summed E-state index contributed by atoms with van der Waals surface area (Å²) in [5.74, 6) is 0. The minimum atomic E-state index is -0.387. The first-order valence-corrected chi connectivity index (χ1v) is 6.93. The normalized spacial score (nSPS) is 10.3. The number of nitro benzene ring substituents is 1. The third-order valence-corrected chi connectivity index (χ3v) is 4.12. The second-order valence-corrected chi connectivity index (χ2v) is 5.81. The van der Waals surface area contributed by atoms with Crippen molar-refractivity contribution >= 4 is 45.0 Å². The van der Waals surface area contributed by atoms with Crippen molar-refractivity contribution in [2.24, 2.45) is 0 Å². The van der Waals surface area contributed by atoms with E-state index in [0.29, 0.717) is 14.4 Å². The number of benzene rings is 2. The van der Waals surface area contributed by atoms with Crippen molar-refractivity contribution < 1.29 is 4.92 Å². The minimum absolute atomic E-state index is 0.0810. The summed E-state index contributed by atoms with van der Waals surface area (Å²) in [6.45, 7) is 0. The van der Waals surface area contributed by atoms with Gasteiger partial charge in [0.15, 0.2) is 0 Å². The summed E-state index contributed by atoms with van der Waals surface area (Å²) < 4.78 is 0.478. The van der Waals surface area contributed by atoms with Crippen LogP contribution in [0.1, 0.15) is 0 Å². The first-order chi connectivity index (χ1) is 8.58. The van der Waals surface area contributed by atoms with E-state index in [9.17, 15) is 10.1 Å². The number of rotatable bonds is 3. The second-order valence-electron chi connectivity index (χ2n) is 3.40. The van der Waals surface area contributed by atoms with Crippen LogP contribution in [0.3, 0.4) is 0 Å². The Balaban J connectivity index is 2.37. The number of nitro groups is 1. The van der Waals surface area contributed by atoms with Crippen molar-refractivity contribution in [3.05, 3.63) is 62.1 Å². The number of halogens is 2. The highest BCUT2D eigenvalue weighted by Crippen LogP contribution is 2.39. The van der Waals surface area contributed by atoms with Crippen LogP contribution in [0.4, 0.5) is 5.69 Å². The van der Waals surface area contributed by atoms with E-state index < -0.39 is 0 Å². The molecule has 0 unspecified atom stereocenters. The molecule has 0 saturated heterocycles. The molecule has 2 aromatic rings. The van der Waals surface area contributed by atoms with E-state index in [1.807, 2.05) is 12.1 Å². The average molecular weight is 345 g/mol. The molecule has 0 aliphatic carbocycles. The molecule has 0 spiro atoms. The van der Waals surface area contributed by atoms with Crippen LogP contribution in [0.15, 0.2) is 56.7 Å². The summed E-state index contributed by atoms with van der Waals surface area (Å²) >= 11 is 10.3. The van der Waals surface area contributed by atoms with Crippen LogP contribution in [0.5, 0.6) is 0 Å². The highest BCUT2D eigenvalue weighted by Gasteiger charge is 2.18. The van der Waals surface area contributed by atoms with Crippen molar-refractivity contribution in [1.29, 1.82) is 0 Å². The first-order valence-electron chi connectivity index (χ1n) is 4.94. The molecule has 0 aromatic heterocycles. The third kappa shape index (κ3) is 3.04. The van der Waals surface area contributed by atoms with Gasteiger partial charge in [-0.3, -0.25) is 10.1 Å². The molecule has 3 nitrogen and oxygen atoms in total. The molecule has 0 fully saturated rings. The van der Waals surface area contributed by atoms with Gasteiger partial charge in [-0.1, -0.05) is 29.4 Å². The average Bonchev–Trinajstić information content (AvgIpc) is 2.32. The van der Waals surface area contributed by atoms with Crippen LogP contribution in [-0.2, 0) is 0 Å². The van der Waals surface area contributed by atoms with E-state index in [4.69, 9.17) is 11.6 Å². The van der Waals surface area contributed by atoms with E-state index >= 15 is 0 Å². The minimum Gasteiger partial charge on any atom is -0.258 e. The van der Waals surface area contributed by atoms with E-state index in [1.165, 1.54) is 11.8 Å². The summed E-state index contributed by atoms with van der Waals surface area (Å²) in [5.41, 5.74) is 0.0810. The summed E-state index contributed by atoms with van der Waals surface area (Å²) in [4.78, 5) is 12.1. The Kier molecular flexibility index (Phi) is 4.27. The molecule has 0 amide bonds. The van der Waals surface area contributed by atoms with Gasteiger partial charge in [-0.2, -0.15) is 0 Å². The molecular formula is C12H7BrClNO2S. The summed E-state index contributed by atoms with van der Waals surface area (Å²) in [6, 6.07) is 12.3. The van der Waals surface area contributed by atoms with Gasteiger partial charge in [0.1, 0.15) is 0 Å². The quantitative estimate of drug-likeness (QED) is 0.570. The Morgan fingerprint density at radius 1 is 1.17 bits per heavy atom. The van der Waals surface area contributed by atoms with Crippen LogP contribution in [0, 0.1) is 10.1 Å². The fourth-order valence-corrected chi connectivity index (χ4v) is 3.11. The Bertz CT molecular complexity index is 589. The highest BCUT2D eigenvalue weighted by molar-refractivity contribution is 9.10. The molecular weight excluding hydrogens is 338 g/mol. The zero-order chi connectivity index (χ0) is 13.1. The molecule has 0 saturated carbocycles. The molecule has 0 bridgehead atoms. The van der Waals surface area contributed by atoms with Gasteiger partial charge in [-0.15, -0.1) is 0 Å². The zero-order valence-electron chi connectivity index (χ0n) is 8.97. The monoisotopic (exact) mass is 343 g/mol. The lowest BCUT2D eigenvalue weighted by atomic mass is 10.3. The zero-order valence-corrected chi connectivity index (χ0v) is 12.1. The maximum Gasteiger partial charge on any atom is 0.297 e. The standard InChI is InChI=1S/C12H7BrClNO2S/c13-10-2-1-3-11(12(10)15(16)17)18-9-6-4-8(14)5-7-9/h1-7H. The fraction of sp³-hybridized carbons (Fsp3) is 0. The third-order valence-electron chi connectivity index (χ3n) is 2.17. The van der Waals surface area contributed by atoms with E-state index in [0.717, 1.165) is 4.90 Å². The predicted octanol–water partition coefficient (Wildman–Crippen LogP) is 5.16. The van der Waals surface area contributed by atoms with Gasteiger partial charge in [0, 0.05) is 9.92 Å². The van der Waals surface area contributed by atoms with Gasteiger partial charge in [-0.25, -0.2) is 0 Å². The lowest BCUT2D eigenvalue weighted by Gasteiger charge is -2.04. The molecule has 0 atom stereocenters. The number of hydrogen-bond acceptors (Lipinski definition) is 3. The van der Waals surface area contributed by atoms with Crippen molar-refractivity contribution in [3.63, 3.8) is 0 Å². The summed E-state index contributed by atoms with van der Waals surface area (Å²) in [5, 5.41) is 11.7. The number of nitrogens with zero attached hydrogens (tertiary/aromatic N) is 1. The van der Waals surface area contributed by atoms with E-state index in [2.05, 4.69) is 15.9 Å². The van der Waals surface area contributed by atoms with Gasteiger partial charge in [-0.05, 0) is 52.3 Å². The molecule has 92 valence electrons. The molecule has 0 aliphatic heterocycles. The van der Waals surface area contributed by atoms with Crippen molar-refractivity contribution in [2.45, 2.75) is 9.79 Å². The van der Waals surface area contributed by atoms with E-state index in [-0.39, 0.29) is 10.6 Å². The molecule has 0 N–H and O–H groups in total. The number of para-hydroxylation sites is 1. The predicted molar refractivity (Wildman–Crippen MR) is 76.4 cm³/mol. The van der Waals surface area contributed by atoms with Crippen molar-refractivity contribution in [3.8, 4) is 0 Å². The van der Waals surface area contributed by atoms with Crippen LogP contribution in [-0.4, -0.2) is 4.92 Å². The fourth-order valence-electron chi connectivity index (χ4n) is 1.38. The van der Waals surface area contributed by atoms with Crippen molar-refractivity contribution in [1.82, 2.24) is 0 Å². The number of hydrogen-bond donors (Lipinski definition) is 0. The lowest BCUT2D eigenvalue weighted by molar-refractivity contribution is -0.388. The van der Waals surface area contributed by atoms with Gasteiger partial charge < -0.3 is 0 Å². The Morgan fingerprint density at radius 2 is 1.83 bits per heavy atom. The summed E-state index contributed by atoms with van der Waals surface area (Å²) in [7, 11) is 0. The molecule has 0 aliphatic rings. The van der Waals surface area contributed by atoms with E-state index in [1.54, 1.807) is 30.3 Å². The Labute approximate surface area is 121 Å². The summed E-state index contributed by atoms with van der Waals surface area (Å²) in [6.07, 6.45) is 0. The van der Waals surface area contributed by atoms with Crippen LogP contribution >= 0.6 is 39.3 Å². The maximum atomic E-state index is 11.0. The molecule has 0 radical (unpaired) electrons. The molecule has 6 heteroatoms. The Hall–Kier alpha value is -1.04. The Morgan fingerprint density at radius 3 is 2.44 bits per heavy atom. The van der Waals surface area contributed by atoms with Gasteiger partial charge in [0.25, 0.3) is 5.69 Å².